The molecule has 0 fully saturated rings. The average molecular weight is 315 g/mol. The summed E-state index contributed by atoms with van der Waals surface area (Å²) in [5.74, 6) is 1.74. The second kappa shape index (κ2) is 9.74. The van der Waals surface area contributed by atoms with Crippen molar-refractivity contribution in [2.45, 2.75) is 13.8 Å². The zero-order valence-corrected chi connectivity index (χ0v) is 13.9. The number of benzene rings is 2. The van der Waals surface area contributed by atoms with Crippen molar-refractivity contribution in [3.05, 3.63) is 54.1 Å². The van der Waals surface area contributed by atoms with E-state index < -0.39 is 0 Å². The van der Waals surface area contributed by atoms with E-state index in [9.17, 15) is 0 Å². The van der Waals surface area contributed by atoms with E-state index in [1.165, 1.54) is 5.56 Å². The van der Waals surface area contributed by atoms with E-state index in [4.69, 9.17) is 14.2 Å². The van der Waals surface area contributed by atoms with Crippen LogP contribution in [0.3, 0.4) is 0 Å². The Bertz CT molecular complexity index is 586. The number of anilines is 1. The second-order valence-corrected chi connectivity index (χ2v) is 5.16. The van der Waals surface area contributed by atoms with E-state index in [0.717, 1.165) is 23.7 Å². The van der Waals surface area contributed by atoms with E-state index in [2.05, 4.69) is 18.3 Å². The van der Waals surface area contributed by atoms with Gasteiger partial charge >= 0.3 is 0 Å². The number of nitrogens with one attached hydrogen (secondary N) is 1. The maximum absolute atomic E-state index is 5.72. The lowest BCUT2D eigenvalue weighted by atomic mass is 10.2. The molecule has 0 amide bonds. The van der Waals surface area contributed by atoms with Crippen LogP contribution in [0, 0.1) is 6.92 Å². The third-order valence-corrected chi connectivity index (χ3v) is 3.22. The Morgan fingerprint density at radius 2 is 1.61 bits per heavy atom. The number of hydrogen-bond donors (Lipinski definition) is 1. The molecule has 2 rings (SSSR count). The molecule has 0 radical (unpaired) electrons. The van der Waals surface area contributed by atoms with Gasteiger partial charge in [0.2, 0.25) is 0 Å². The Morgan fingerprint density at radius 3 is 2.39 bits per heavy atom. The lowest BCUT2D eigenvalue weighted by Gasteiger charge is -2.11. The summed E-state index contributed by atoms with van der Waals surface area (Å²) in [6.07, 6.45) is 0. The Labute approximate surface area is 138 Å². The molecular weight excluding hydrogens is 290 g/mol. The molecule has 0 spiro atoms. The molecule has 0 bridgehead atoms. The van der Waals surface area contributed by atoms with Crippen LogP contribution in [0.4, 0.5) is 5.69 Å². The Balaban J connectivity index is 1.71. The average Bonchev–Trinajstić information content (AvgIpc) is 2.56. The lowest BCUT2D eigenvalue weighted by Crippen LogP contribution is -2.11. The van der Waals surface area contributed by atoms with Crippen LogP contribution >= 0.6 is 0 Å². The van der Waals surface area contributed by atoms with Crippen molar-refractivity contribution in [1.82, 2.24) is 0 Å². The van der Waals surface area contributed by atoms with Crippen molar-refractivity contribution >= 4 is 5.69 Å². The van der Waals surface area contributed by atoms with Crippen molar-refractivity contribution < 1.29 is 14.2 Å². The highest BCUT2D eigenvalue weighted by atomic mass is 16.5. The summed E-state index contributed by atoms with van der Waals surface area (Å²) in [4.78, 5) is 0. The van der Waals surface area contributed by atoms with Crippen LogP contribution in [0.5, 0.6) is 11.5 Å². The molecule has 0 aromatic heterocycles. The molecule has 0 unspecified atom stereocenters. The van der Waals surface area contributed by atoms with Gasteiger partial charge in [0.25, 0.3) is 0 Å². The van der Waals surface area contributed by atoms with Crippen LogP contribution in [0.2, 0.25) is 0 Å². The van der Waals surface area contributed by atoms with Gasteiger partial charge in [-0.2, -0.15) is 0 Å². The molecule has 2 aromatic rings. The van der Waals surface area contributed by atoms with E-state index in [-0.39, 0.29) is 0 Å². The molecule has 0 atom stereocenters. The molecule has 2 aromatic carbocycles. The fourth-order valence-corrected chi connectivity index (χ4v) is 2.13. The van der Waals surface area contributed by atoms with Gasteiger partial charge in [-0.25, -0.2) is 0 Å². The first-order chi connectivity index (χ1) is 11.3. The van der Waals surface area contributed by atoms with Gasteiger partial charge in [0.1, 0.15) is 24.7 Å². The highest BCUT2D eigenvalue weighted by molar-refractivity contribution is 5.48. The van der Waals surface area contributed by atoms with Crippen LogP contribution in [0.1, 0.15) is 12.5 Å². The van der Waals surface area contributed by atoms with Crippen molar-refractivity contribution in [3.8, 4) is 11.5 Å². The minimum atomic E-state index is 0.563. The highest BCUT2D eigenvalue weighted by Gasteiger charge is 1.98. The van der Waals surface area contributed by atoms with Crippen LogP contribution in [0.15, 0.2) is 48.5 Å². The quantitative estimate of drug-likeness (QED) is 0.675. The van der Waals surface area contributed by atoms with Crippen LogP contribution < -0.4 is 14.8 Å². The molecule has 0 saturated carbocycles. The number of rotatable bonds is 10. The summed E-state index contributed by atoms with van der Waals surface area (Å²) >= 11 is 0. The molecule has 0 aliphatic rings. The maximum atomic E-state index is 5.72. The van der Waals surface area contributed by atoms with Crippen molar-refractivity contribution in [3.63, 3.8) is 0 Å². The summed E-state index contributed by atoms with van der Waals surface area (Å²) in [6, 6.07) is 16.0. The molecule has 0 heterocycles. The predicted octanol–water partition coefficient (Wildman–Crippen LogP) is 3.90. The first-order valence-electron chi connectivity index (χ1n) is 8.02. The first kappa shape index (κ1) is 17.2. The molecule has 23 heavy (non-hydrogen) atoms. The van der Waals surface area contributed by atoms with E-state index in [0.29, 0.717) is 26.4 Å². The van der Waals surface area contributed by atoms with Gasteiger partial charge in [-0.05, 0) is 43.7 Å². The highest BCUT2D eigenvalue weighted by Crippen LogP contribution is 2.17. The van der Waals surface area contributed by atoms with Gasteiger partial charge < -0.3 is 19.5 Å². The maximum Gasteiger partial charge on any atom is 0.121 e. The second-order valence-electron chi connectivity index (χ2n) is 5.16. The minimum absolute atomic E-state index is 0.563. The molecule has 4 nitrogen and oxygen atoms in total. The molecule has 4 heteroatoms. The van der Waals surface area contributed by atoms with Gasteiger partial charge in [0.15, 0.2) is 0 Å². The van der Waals surface area contributed by atoms with Gasteiger partial charge in [0.05, 0.1) is 6.61 Å². The standard InChI is InChI=1S/C19H25NO3/c1-3-21-12-13-23-19-9-5-7-17(15-19)20-10-11-22-18-8-4-6-16(2)14-18/h4-9,14-15,20H,3,10-13H2,1-2H3. The van der Waals surface area contributed by atoms with Crippen molar-refractivity contribution in [2.24, 2.45) is 0 Å². The fourth-order valence-electron chi connectivity index (χ4n) is 2.13. The van der Waals surface area contributed by atoms with E-state index in [1.807, 2.05) is 49.4 Å². The van der Waals surface area contributed by atoms with Gasteiger partial charge in [-0.1, -0.05) is 18.2 Å². The largest absolute Gasteiger partial charge is 0.492 e. The molecule has 0 saturated heterocycles. The molecule has 1 N–H and O–H groups in total. The van der Waals surface area contributed by atoms with Crippen LogP contribution in [-0.4, -0.2) is 33.0 Å². The van der Waals surface area contributed by atoms with Crippen LogP contribution in [-0.2, 0) is 4.74 Å². The molecular formula is C19H25NO3. The minimum Gasteiger partial charge on any atom is -0.492 e. The first-order valence-corrected chi connectivity index (χ1v) is 8.02. The fraction of sp³-hybridized carbons (Fsp3) is 0.368. The van der Waals surface area contributed by atoms with E-state index in [1.54, 1.807) is 0 Å². The zero-order valence-electron chi connectivity index (χ0n) is 13.9. The third kappa shape index (κ3) is 6.61. The van der Waals surface area contributed by atoms with Crippen molar-refractivity contribution in [2.75, 3.05) is 38.3 Å². The molecule has 0 aliphatic heterocycles. The smallest absolute Gasteiger partial charge is 0.121 e. The lowest BCUT2D eigenvalue weighted by molar-refractivity contribution is 0.110. The number of ether oxygens (including phenoxy) is 3. The number of aryl methyl sites for hydroxylation is 1. The summed E-state index contributed by atoms with van der Waals surface area (Å²) in [5.41, 5.74) is 2.22. The SMILES string of the molecule is CCOCCOc1cccc(NCCOc2cccc(C)c2)c1. The van der Waals surface area contributed by atoms with Crippen LogP contribution in [0.25, 0.3) is 0 Å². The molecule has 124 valence electrons. The zero-order chi connectivity index (χ0) is 16.3. The Morgan fingerprint density at radius 1 is 0.870 bits per heavy atom. The topological polar surface area (TPSA) is 39.7 Å². The van der Waals surface area contributed by atoms with Gasteiger partial charge in [0, 0.05) is 24.9 Å². The summed E-state index contributed by atoms with van der Waals surface area (Å²) in [5, 5.41) is 3.34. The molecule has 0 aliphatic carbocycles. The predicted molar refractivity (Wildman–Crippen MR) is 93.6 cm³/mol. The summed E-state index contributed by atoms with van der Waals surface area (Å²) in [7, 11) is 0. The Hall–Kier alpha value is -2.20. The summed E-state index contributed by atoms with van der Waals surface area (Å²) in [6.45, 7) is 7.26. The van der Waals surface area contributed by atoms with Crippen molar-refractivity contribution in [1.29, 1.82) is 0 Å². The van der Waals surface area contributed by atoms with Gasteiger partial charge in [-0.15, -0.1) is 0 Å². The third-order valence-electron chi connectivity index (χ3n) is 3.22. The normalized spacial score (nSPS) is 10.3. The Kier molecular flexibility index (Phi) is 7.27. The van der Waals surface area contributed by atoms with E-state index >= 15 is 0 Å². The number of hydrogen-bond acceptors (Lipinski definition) is 4. The monoisotopic (exact) mass is 315 g/mol. The summed E-state index contributed by atoms with van der Waals surface area (Å²) < 4.78 is 16.6. The van der Waals surface area contributed by atoms with Gasteiger partial charge in [-0.3, -0.25) is 0 Å².